The topological polar surface area (TPSA) is 9.23 Å². The average Bonchev–Trinajstić information content (AvgIpc) is 2.53. The maximum Gasteiger partial charge on any atom is 0.416 e. The Balaban J connectivity index is 2.05. The summed E-state index contributed by atoms with van der Waals surface area (Å²) in [7, 11) is 0. The van der Waals surface area contributed by atoms with E-state index in [1.807, 2.05) is 0 Å². The summed E-state index contributed by atoms with van der Waals surface area (Å²) in [5, 5.41) is 0. The highest BCUT2D eigenvalue weighted by Crippen LogP contribution is 2.29. The molecule has 0 saturated carbocycles. The molecular weight excluding hydrogens is 334 g/mol. The summed E-state index contributed by atoms with van der Waals surface area (Å²) in [4.78, 5) is 0. The van der Waals surface area contributed by atoms with Crippen molar-refractivity contribution in [3.63, 3.8) is 0 Å². The molecule has 24 heavy (non-hydrogen) atoms. The van der Waals surface area contributed by atoms with Gasteiger partial charge in [0.2, 0.25) is 0 Å². The maximum atomic E-state index is 12.6. The van der Waals surface area contributed by atoms with Crippen LogP contribution in [0, 0.1) is 0 Å². The van der Waals surface area contributed by atoms with Crippen molar-refractivity contribution in [1.29, 1.82) is 0 Å². The van der Waals surface area contributed by atoms with Crippen LogP contribution in [0.25, 0.3) is 12.2 Å². The van der Waals surface area contributed by atoms with Gasteiger partial charge in [-0.2, -0.15) is 26.3 Å². The van der Waals surface area contributed by atoms with Crippen LogP contribution < -0.4 is 4.74 Å². The third kappa shape index (κ3) is 4.91. The van der Waals surface area contributed by atoms with Crippen LogP contribution >= 0.6 is 0 Å². The second-order valence-corrected chi connectivity index (χ2v) is 4.66. The van der Waals surface area contributed by atoms with E-state index in [1.54, 1.807) is 12.2 Å². The van der Waals surface area contributed by atoms with Gasteiger partial charge in [-0.3, -0.25) is 0 Å². The molecule has 2 rings (SSSR count). The van der Waals surface area contributed by atoms with E-state index < -0.39 is 23.8 Å². The molecule has 0 aromatic heterocycles. The minimum Gasteiger partial charge on any atom is -0.428 e. The Bertz CT molecular complexity index is 738. The van der Waals surface area contributed by atoms with Crippen molar-refractivity contribution >= 4 is 12.2 Å². The van der Waals surface area contributed by atoms with Gasteiger partial charge < -0.3 is 4.74 Å². The lowest BCUT2D eigenvalue weighted by molar-refractivity contribution is -0.137. The van der Waals surface area contributed by atoms with Gasteiger partial charge in [0.15, 0.2) is 0 Å². The van der Waals surface area contributed by atoms with Crippen molar-refractivity contribution in [2.45, 2.75) is 6.18 Å². The molecule has 0 bridgehead atoms. The van der Waals surface area contributed by atoms with E-state index in [2.05, 4.69) is 4.74 Å². The van der Waals surface area contributed by atoms with Crippen LogP contribution in [-0.2, 0) is 6.18 Å². The third-order valence-corrected chi connectivity index (χ3v) is 2.94. The number of benzene rings is 2. The molecule has 0 spiro atoms. The number of hydrogen-bond donors (Lipinski definition) is 0. The summed E-state index contributed by atoms with van der Waals surface area (Å²) in [6.45, 7) is 0. The quantitative estimate of drug-likeness (QED) is 0.360. The van der Waals surface area contributed by atoms with E-state index in [0.717, 1.165) is 12.1 Å². The fourth-order valence-corrected chi connectivity index (χ4v) is 1.76. The number of halogens is 6. The minimum absolute atomic E-state index is 0.105. The lowest BCUT2D eigenvalue weighted by Gasteiger charge is -2.06. The van der Waals surface area contributed by atoms with Crippen LogP contribution in [0.15, 0.2) is 60.6 Å². The van der Waals surface area contributed by atoms with E-state index in [9.17, 15) is 26.3 Å². The molecular formula is C17H10F6O. The highest BCUT2D eigenvalue weighted by molar-refractivity contribution is 5.69. The Morgan fingerprint density at radius 2 is 1.21 bits per heavy atom. The third-order valence-electron chi connectivity index (χ3n) is 2.94. The minimum atomic E-state index is -4.39. The lowest BCUT2D eigenvalue weighted by Crippen LogP contribution is -2.03. The van der Waals surface area contributed by atoms with Gasteiger partial charge in [-0.05, 0) is 35.4 Å². The predicted octanol–water partition coefficient (Wildman–Crippen LogP) is 6.29. The number of alkyl halides is 3. The first-order valence-corrected chi connectivity index (χ1v) is 6.60. The molecule has 0 N–H and O–H groups in total. The Labute approximate surface area is 133 Å². The first kappa shape index (κ1) is 17.7. The molecule has 0 unspecified atom stereocenters. The van der Waals surface area contributed by atoms with Gasteiger partial charge in [0.05, 0.1) is 5.56 Å². The van der Waals surface area contributed by atoms with Crippen LogP contribution in [0.1, 0.15) is 16.7 Å². The average molecular weight is 344 g/mol. The fraction of sp³-hybridized carbons (Fsp3) is 0.0588. The highest BCUT2D eigenvalue weighted by atomic mass is 19.4. The first-order chi connectivity index (χ1) is 11.3. The zero-order valence-corrected chi connectivity index (χ0v) is 11.9. The summed E-state index contributed by atoms with van der Waals surface area (Å²) in [6.07, 6.45) is -3.76. The van der Waals surface area contributed by atoms with Crippen LogP contribution in [0.3, 0.4) is 0 Å². The molecule has 0 aliphatic heterocycles. The first-order valence-electron chi connectivity index (χ1n) is 6.60. The summed E-state index contributed by atoms with van der Waals surface area (Å²) in [5.41, 5.74) is 0.445. The Kier molecular flexibility index (Phi) is 5.33. The van der Waals surface area contributed by atoms with E-state index in [1.165, 1.54) is 36.4 Å². The molecule has 2 aromatic rings. The van der Waals surface area contributed by atoms with Crippen LogP contribution in [-0.4, -0.2) is 0 Å². The molecule has 0 aliphatic carbocycles. The zero-order chi connectivity index (χ0) is 17.7. The van der Waals surface area contributed by atoms with E-state index in [4.69, 9.17) is 0 Å². The molecule has 0 atom stereocenters. The fourth-order valence-electron chi connectivity index (χ4n) is 1.76. The van der Waals surface area contributed by atoms with Crippen molar-refractivity contribution in [3.05, 3.63) is 77.3 Å². The zero-order valence-electron chi connectivity index (χ0n) is 11.9. The summed E-state index contributed by atoms with van der Waals surface area (Å²) in [5.74, 6) is -0.105. The van der Waals surface area contributed by atoms with Crippen molar-refractivity contribution < 1.29 is 31.1 Å². The molecule has 2 aromatic carbocycles. The van der Waals surface area contributed by atoms with Crippen LogP contribution in [0.2, 0.25) is 0 Å². The van der Waals surface area contributed by atoms with Crippen LogP contribution in [0.4, 0.5) is 26.3 Å². The highest BCUT2D eigenvalue weighted by Gasteiger charge is 2.29. The van der Waals surface area contributed by atoms with Crippen molar-refractivity contribution in [3.8, 4) is 5.75 Å². The summed E-state index contributed by atoms with van der Waals surface area (Å²) < 4.78 is 78.0. The smallest absolute Gasteiger partial charge is 0.416 e. The molecule has 0 saturated heterocycles. The Morgan fingerprint density at radius 3 is 1.62 bits per heavy atom. The Hall–Kier alpha value is -2.70. The summed E-state index contributed by atoms with van der Waals surface area (Å²) >= 11 is 0. The molecule has 1 nitrogen and oxygen atoms in total. The lowest BCUT2D eigenvalue weighted by atomic mass is 10.1. The van der Waals surface area contributed by atoms with E-state index >= 15 is 0 Å². The van der Waals surface area contributed by atoms with Gasteiger partial charge in [0.25, 0.3) is 0 Å². The molecule has 0 heterocycles. The molecule has 0 amide bonds. The van der Waals surface area contributed by atoms with Gasteiger partial charge in [-0.1, -0.05) is 36.4 Å². The molecule has 0 aliphatic rings. The summed E-state index contributed by atoms with van der Waals surface area (Å²) in [6, 6.07) is 8.15. The van der Waals surface area contributed by atoms with Gasteiger partial charge in [-0.25, -0.2) is 0 Å². The number of rotatable bonds is 4. The van der Waals surface area contributed by atoms with Crippen molar-refractivity contribution in [2.24, 2.45) is 0 Å². The molecule has 7 heteroatoms. The predicted molar refractivity (Wildman–Crippen MR) is 77.8 cm³/mol. The van der Waals surface area contributed by atoms with Gasteiger partial charge in [0.1, 0.15) is 5.75 Å². The van der Waals surface area contributed by atoms with Gasteiger partial charge in [0, 0.05) is 0 Å². The SMILES string of the molecule is FC(F)=C(F)Oc1ccc(C=Cc2ccc(C(F)(F)F)cc2)cc1. The standard InChI is InChI=1S/C17H10F6O/c18-15(19)16(20)24-14-9-5-12(6-10-14)2-1-11-3-7-13(8-4-11)17(21,22)23/h1-10H. The van der Waals surface area contributed by atoms with E-state index in [-0.39, 0.29) is 5.75 Å². The monoisotopic (exact) mass is 344 g/mol. The van der Waals surface area contributed by atoms with Crippen LogP contribution in [0.5, 0.6) is 5.75 Å². The second kappa shape index (κ2) is 7.25. The van der Waals surface area contributed by atoms with E-state index in [0.29, 0.717) is 11.1 Å². The van der Waals surface area contributed by atoms with Crippen molar-refractivity contribution in [2.75, 3.05) is 0 Å². The van der Waals surface area contributed by atoms with Gasteiger partial charge >= 0.3 is 18.3 Å². The van der Waals surface area contributed by atoms with Crippen molar-refractivity contribution in [1.82, 2.24) is 0 Å². The molecule has 0 fully saturated rings. The number of hydrogen-bond acceptors (Lipinski definition) is 1. The molecule has 0 radical (unpaired) electrons. The number of ether oxygens (including phenoxy) is 1. The Morgan fingerprint density at radius 1 is 0.750 bits per heavy atom. The maximum absolute atomic E-state index is 12.6. The largest absolute Gasteiger partial charge is 0.428 e. The molecule has 126 valence electrons. The normalized spacial score (nSPS) is 11.6. The van der Waals surface area contributed by atoms with Gasteiger partial charge in [-0.15, -0.1) is 0 Å². The second-order valence-electron chi connectivity index (χ2n) is 4.66.